The summed E-state index contributed by atoms with van der Waals surface area (Å²) in [5.41, 5.74) is 2.74. The van der Waals surface area contributed by atoms with Gasteiger partial charge in [0, 0.05) is 18.0 Å². The number of ether oxygens (including phenoxy) is 1. The Bertz CT molecular complexity index is 696. The lowest BCUT2D eigenvalue weighted by atomic mass is 10.1. The molecule has 0 aliphatic heterocycles. The fourth-order valence-electron chi connectivity index (χ4n) is 2.44. The lowest BCUT2D eigenvalue weighted by Gasteiger charge is -2.06. The number of benzene rings is 2. The molecule has 1 amide bonds. The maximum atomic E-state index is 11.9. The van der Waals surface area contributed by atoms with E-state index in [1.54, 1.807) is 12.1 Å². The minimum atomic E-state index is -0.356. The summed E-state index contributed by atoms with van der Waals surface area (Å²) in [5, 5.41) is 3.67. The van der Waals surface area contributed by atoms with Gasteiger partial charge in [-0.05, 0) is 54.7 Å². The van der Waals surface area contributed by atoms with Crippen molar-refractivity contribution in [3.05, 3.63) is 70.2 Å². The van der Waals surface area contributed by atoms with Gasteiger partial charge in [-0.3, -0.25) is 4.79 Å². The molecule has 0 atom stereocenters. The van der Waals surface area contributed by atoms with Crippen LogP contribution in [0, 0.1) is 0 Å². The van der Waals surface area contributed by atoms with E-state index in [0.717, 1.165) is 23.4 Å². The van der Waals surface area contributed by atoms with Crippen molar-refractivity contribution in [2.45, 2.75) is 25.7 Å². The van der Waals surface area contributed by atoms with Gasteiger partial charge in [0.25, 0.3) is 0 Å². The van der Waals surface area contributed by atoms with Gasteiger partial charge in [-0.25, -0.2) is 4.79 Å². The van der Waals surface area contributed by atoms with Crippen LogP contribution in [0.4, 0.5) is 0 Å². The first kappa shape index (κ1) is 19.0. The van der Waals surface area contributed by atoms with Crippen LogP contribution in [0.2, 0.25) is 5.02 Å². The van der Waals surface area contributed by atoms with Crippen LogP contribution in [-0.2, 0) is 22.4 Å². The van der Waals surface area contributed by atoms with Crippen LogP contribution in [-0.4, -0.2) is 25.5 Å². The predicted octanol–water partition coefficient (Wildman–Crippen LogP) is 3.81. The van der Waals surface area contributed by atoms with Crippen molar-refractivity contribution in [1.82, 2.24) is 5.32 Å². The van der Waals surface area contributed by atoms with E-state index < -0.39 is 0 Å². The number of hydrogen-bond donors (Lipinski definition) is 1. The Kier molecular flexibility index (Phi) is 7.48. The average Bonchev–Trinajstić information content (AvgIpc) is 2.64. The van der Waals surface area contributed by atoms with E-state index in [4.69, 9.17) is 11.6 Å². The molecule has 25 heavy (non-hydrogen) atoms. The molecule has 5 heteroatoms. The second-order valence-corrected chi connectivity index (χ2v) is 6.20. The number of carbonyl (C=O) groups is 2. The van der Waals surface area contributed by atoms with Crippen LogP contribution >= 0.6 is 11.6 Å². The average molecular weight is 360 g/mol. The summed E-state index contributed by atoms with van der Waals surface area (Å²) in [6, 6.07) is 14.9. The highest BCUT2D eigenvalue weighted by atomic mass is 35.5. The van der Waals surface area contributed by atoms with Crippen LogP contribution in [0.15, 0.2) is 48.5 Å². The summed E-state index contributed by atoms with van der Waals surface area (Å²) in [5.74, 6) is -0.321. The molecule has 0 saturated carbocycles. The van der Waals surface area contributed by atoms with E-state index in [1.807, 2.05) is 36.4 Å². The first-order chi connectivity index (χ1) is 12.1. The molecular formula is C20H22ClNO3. The Labute approximate surface area is 153 Å². The predicted molar refractivity (Wildman–Crippen MR) is 98.9 cm³/mol. The molecule has 0 aliphatic rings. The minimum absolute atomic E-state index is 0.0353. The van der Waals surface area contributed by atoms with E-state index in [9.17, 15) is 9.59 Å². The zero-order valence-electron chi connectivity index (χ0n) is 14.3. The van der Waals surface area contributed by atoms with Crippen LogP contribution < -0.4 is 5.32 Å². The van der Waals surface area contributed by atoms with Gasteiger partial charge in [0.1, 0.15) is 0 Å². The van der Waals surface area contributed by atoms with Crippen LogP contribution in [0.1, 0.15) is 34.3 Å². The number of rotatable bonds is 8. The van der Waals surface area contributed by atoms with Crippen molar-refractivity contribution in [1.29, 1.82) is 0 Å². The van der Waals surface area contributed by atoms with E-state index >= 15 is 0 Å². The molecule has 1 N–H and O–H groups in total. The molecule has 0 aromatic heterocycles. The van der Waals surface area contributed by atoms with Crippen molar-refractivity contribution in [2.24, 2.45) is 0 Å². The quantitative estimate of drug-likeness (QED) is 0.576. The van der Waals surface area contributed by atoms with Gasteiger partial charge in [0.2, 0.25) is 5.91 Å². The summed E-state index contributed by atoms with van der Waals surface area (Å²) >= 11 is 5.85. The number of halogens is 1. The summed E-state index contributed by atoms with van der Waals surface area (Å²) in [6.45, 7) is 0.655. The van der Waals surface area contributed by atoms with Gasteiger partial charge < -0.3 is 10.1 Å². The van der Waals surface area contributed by atoms with Crippen LogP contribution in [0.5, 0.6) is 0 Å². The maximum Gasteiger partial charge on any atom is 0.337 e. The van der Waals surface area contributed by atoms with Crippen LogP contribution in [0.25, 0.3) is 0 Å². The molecule has 2 aromatic rings. The minimum Gasteiger partial charge on any atom is -0.465 e. The van der Waals surface area contributed by atoms with Gasteiger partial charge >= 0.3 is 5.97 Å². The Hall–Kier alpha value is -2.33. The van der Waals surface area contributed by atoms with E-state index in [0.29, 0.717) is 24.9 Å². The molecule has 2 rings (SSSR count). The molecular weight excluding hydrogens is 338 g/mol. The molecule has 0 fully saturated rings. The molecule has 132 valence electrons. The summed E-state index contributed by atoms with van der Waals surface area (Å²) < 4.78 is 4.66. The fourth-order valence-corrected chi connectivity index (χ4v) is 2.57. The fraction of sp³-hybridized carbons (Fsp3) is 0.300. The van der Waals surface area contributed by atoms with Crippen molar-refractivity contribution >= 4 is 23.5 Å². The lowest BCUT2D eigenvalue weighted by molar-refractivity contribution is -0.121. The van der Waals surface area contributed by atoms with E-state index in [2.05, 4.69) is 10.1 Å². The van der Waals surface area contributed by atoms with Crippen LogP contribution in [0.3, 0.4) is 0 Å². The Balaban J connectivity index is 1.65. The second-order valence-electron chi connectivity index (χ2n) is 5.77. The Morgan fingerprint density at radius 2 is 1.56 bits per heavy atom. The third-order valence-corrected chi connectivity index (χ3v) is 4.15. The van der Waals surface area contributed by atoms with Crippen molar-refractivity contribution in [2.75, 3.05) is 13.7 Å². The standard InChI is InChI=1S/C20H22ClNO3/c1-25-20(24)17-9-4-16(5-10-17)8-13-19(23)22-14-2-3-15-6-11-18(21)12-7-15/h4-7,9-12H,2-3,8,13-14H2,1H3,(H,22,23). The van der Waals surface area contributed by atoms with Crippen molar-refractivity contribution in [3.8, 4) is 0 Å². The van der Waals surface area contributed by atoms with Gasteiger partial charge in [-0.15, -0.1) is 0 Å². The van der Waals surface area contributed by atoms with E-state index in [1.165, 1.54) is 12.7 Å². The normalized spacial score (nSPS) is 10.3. The zero-order chi connectivity index (χ0) is 18.1. The SMILES string of the molecule is COC(=O)c1ccc(CCC(=O)NCCCc2ccc(Cl)cc2)cc1. The molecule has 4 nitrogen and oxygen atoms in total. The first-order valence-corrected chi connectivity index (χ1v) is 8.64. The van der Waals surface area contributed by atoms with Gasteiger partial charge in [0.15, 0.2) is 0 Å². The maximum absolute atomic E-state index is 11.9. The first-order valence-electron chi connectivity index (χ1n) is 8.27. The summed E-state index contributed by atoms with van der Waals surface area (Å²) in [7, 11) is 1.35. The highest BCUT2D eigenvalue weighted by Crippen LogP contribution is 2.11. The lowest BCUT2D eigenvalue weighted by Crippen LogP contribution is -2.24. The largest absolute Gasteiger partial charge is 0.465 e. The number of carbonyl (C=O) groups excluding carboxylic acids is 2. The molecule has 0 bridgehead atoms. The molecule has 0 spiro atoms. The molecule has 0 heterocycles. The summed E-state index contributed by atoms with van der Waals surface area (Å²) in [4.78, 5) is 23.3. The number of esters is 1. The Morgan fingerprint density at radius 1 is 0.960 bits per heavy atom. The highest BCUT2D eigenvalue weighted by Gasteiger charge is 2.06. The van der Waals surface area contributed by atoms with E-state index in [-0.39, 0.29) is 11.9 Å². The zero-order valence-corrected chi connectivity index (χ0v) is 15.0. The summed E-state index contributed by atoms with van der Waals surface area (Å²) in [6.07, 6.45) is 2.87. The smallest absolute Gasteiger partial charge is 0.337 e. The highest BCUT2D eigenvalue weighted by molar-refractivity contribution is 6.30. The number of amides is 1. The van der Waals surface area contributed by atoms with Gasteiger partial charge in [0.05, 0.1) is 12.7 Å². The molecule has 2 aromatic carbocycles. The number of aryl methyl sites for hydroxylation is 2. The van der Waals surface area contributed by atoms with Crippen molar-refractivity contribution < 1.29 is 14.3 Å². The monoisotopic (exact) mass is 359 g/mol. The molecule has 0 saturated heterocycles. The molecule has 0 aliphatic carbocycles. The third kappa shape index (κ3) is 6.59. The topological polar surface area (TPSA) is 55.4 Å². The molecule has 0 radical (unpaired) electrons. The van der Waals surface area contributed by atoms with Gasteiger partial charge in [-0.1, -0.05) is 35.9 Å². The Morgan fingerprint density at radius 3 is 2.20 bits per heavy atom. The van der Waals surface area contributed by atoms with Gasteiger partial charge in [-0.2, -0.15) is 0 Å². The number of hydrogen-bond acceptors (Lipinski definition) is 3. The number of methoxy groups -OCH3 is 1. The van der Waals surface area contributed by atoms with Crippen molar-refractivity contribution in [3.63, 3.8) is 0 Å². The third-order valence-electron chi connectivity index (χ3n) is 3.89. The second kappa shape index (κ2) is 9.84. The number of nitrogens with one attached hydrogen (secondary N) is 1. The molecule has 0 unspecified atom stereocenters.